The highest BCUT2D eigenvalue weighted by Gasteiger charge is 2.47. The maximum absolute atomic E-state index is 5.93. The average molecular weight is 253 g/mol. The highest BCUT2D eigenvalue weighted by Crippen LogP contribution is 2.33. The molecule has 18 heavy (non-hydrogen) atoms. The van der Waals surface area contributed by atoms with Crippen LogP contribution in [0, 0.1) is 0 Å². The molecule has 100 valence electrons. The first-order chi connectivity index (χ1) is 8.65. The third kappa shape index (κ3) is 2.03. The zero-order valence-electron chi connectivity index (χ0n) is 10.7. The van der Waals surface area contributed by atoms with Crippen molar-refractivity contribution in [3.8, 4) is 0 Å². The Morgan fingerprint density at radius 3 is 2.94 bits per heavy atom. The van der Waals surface area contributed by atoms with Crippen LogP contribution in [0.3, 0.4) is 0 Å². The van der Waals surface area contributed by atoms with E-state index in [1.165, 1.54) is 0 Å². The van der Waals surface area contributed by atoms with Crippen LogP contribution in [0.4, 0.5) is 0 Å². The molecule has 0 aromatic carbocycles. The predicted octanol–water partition coefficient (Wildman–Crippen LogP) is -0.994. The molecule has 2 fully saturated rings. The molecule has 0 bridgehead atoms. The van der Waals surface area contributed by atoms with E-state index >= 15 is 0 Å². The second-order valence-corrected chi connectivity index (χ2v) is 5.25. The lowest BCUT2D eigenvalue weighted by Crippen LogP contribution is -2.36. The maximum atomic E-state index is 5.93. The Labute approximate surface area is 106 Å². The fourth-order valence-corrected chi connectivity index (χ4v) is 2.61. The van der Waals surface area contributed by atoms with Gasteiger partial charge in [0.15, 0.2) is 0 Å². The fourth-order valence-electron chi connectivity index (χ4n) is 2.61. The summed E-state index contributed by atoms with van der Waals surface area (Å²) in [6.45, 7) is 1.93. The summed E-state index contributed by atoms with van der Waals surface area (Å²) in [6.07, 6.45) is 1.97. The van der Waals surface area contributed by atoms with Gasteiger partial charge in [-0.3, -0.25) is 0 Å². The zero-order chi connectivity index (χ0) is 12.7. The van der Waals surface area contributed by atoms with Crippen LogP contribution >= 0.6 is 0 Å². The molecule has 2 aliphatic rings. The van der Waals surface area contributed by atoms with Crippen molar-refractivity contribution in [3.63, 3.8) is 0 Å². The van der Waals surface area contributed by atoms with Gasteiger partial charge >= 0.3 is 0 Å². The summed E-state index contributed by atoms with van der Waals surface area (Å²) >= 11 is 0. The molecular formula is C11H19N5O2. The smallest absolute Gasteiger partial charge is 0.110 e. The molecule has 4 atom stereocenters. The summed E-state index contributed by atoms with van der Waals surface area (Å²) in [4.78, 5) is 2.06. The minimum absolute atomic E-state index is 0.00324. The molecule has 0 radical (unpaired) electrons. The number of nitrogens with zero attached hydrogens (tertiary/aromatic N) is 4. The van der Waals surface area contributed by atoms with Gasteiger partial charge in [-0.25, -0.2) is 4.68 Å². The minimum atomic E-state index is -0.0234. The second-order valence-electron chi connectivity index (χ2n) is 5.25. The van der Waals surface area contributed by atoms with Crippen molar-refractivity contribution in [2.24, 2.45) is 5.73 Å². The van der Waals surface area contributed by atoms with Gasteiger partial charge in [0.25, 0.3) is 0 Å². The Kier molecular flexibility index (Phi) is 3.06. The Morgan fingerprint density at radius 1 is 1.39 bits per heavy atom. The lowest BCUT2D eigenvalue weighted by atomic mass is 10.1. The molecule has 7 heteroatoms. The molecule has 3 rings (SSSR count). The van der Waals surface area contributed by atoms with E-state index in [0.29, 0.717) is 13.2 Å². The average Bonchev–Trinajstić information content (AvgIpc) is 2.96. The van der Waals surface area contributed by atoms with E-state index in [4.69, 9.17) is 15.2 Å². The summed E-state index contributed by atoms with van der Waals surface area (Å²) in [5.41, 5.74) is 6.88. The van der Waals surface area contributed by atoms with E-state index in [1.54, 1.807) is 0 Å². The van der Waals surface area contributed by atoms with Crippen LogP contribution in [-0.2, 0) is 16.0 Å². The van der Waals surface area contributed by atoms with Crippen LogP contribution in [0.15, 0.2) is 6.20 Å². The van der Waals surface area contributed by atoms with Crippen LogP contribution in [0.1, 0.15) is 11.7 Å². The molecule has 0 amide bonds. The molecule has 7 nitrogen and oxygen atoms in total. The van der Waals surface area contributed by atoms with Gasteiger partial charge in [-0.05, 0) is 14.1 Å². The van der Waals surface area contributed by atoms with Gasteiger partial charge < -0.3 is 20.1 Å². The van der Waals surface area contributed by atoms with Crippen molar-refractivity contribution < 1.29 is 9.47 Å². The standard InChI is InChI=1S/C11H19N5O2/c1-15(2)3-7-4-16(14-13-7)9-6-18-10-8(12)5-17-11(9)10/h4,8-11H,3,5-6,12H2,1-2H3/t8-,9-,10+,11+/m0/s1. The Hall–Kier alpha value is -1.02. The Morgan fingerprint density at radius 2 is 2.17 bits per heavy atom. The molecular weight excluding hydrogens is 234 g/mol. The van der Waals surface area contributed by atoms with Gasteiger partial charge in [0.05, 0.1) is 31.1 Å². The topological polar surface area (TPSA) is 78.4 Å². The molecule has 2 saturated heterocycles. The monoisotopic (exact) mass is 253 g/mol. The molecule has 1 aromatic rings. The van der Waals surface area contributed by atoms with Crippen LogP contribution < -0.4 is 5.73 Å². The maximum Gasteiger partial charge on any atom is 0.110 e. The van der Waals surface area contributed by atoms with Gasteiger partial charge in [0.2, 0.25) is 0 Å². The largest absolute Gasteiger partial charge is 0.371 e. The summed E-state index contributed by atoms with van der Waals surface area (Å²) in [7, 11) is 4.01. The lowest BCUT2D eigenvalue weighted by Gasteiger charge is -2.15. The molecule has 3 heterocycles. The number of ether oxygens (including phenoxy) is 2. The highest BCUT2D eigenvalue weighted by molar-refractivity contribution is 5.01. The number of fused-ring (bicyclic) bond motifs is 1. The summed E-state index contributed by atoms with van der Waals surface area (Å²) in [6, 6.07) is 0.0664. The predicted molar refractivity (Wildman–Crippen MR) is 63.9 cm³/mol. The van der Waals surface area contributed by atoms with E-state index < -0.39 is 0 Å². The Balaban J connectivity index is 1.73. The molecule has 2 aliphatic heterocycles. The number of aromatic nitrogens is 3. The van der Waals surface area contributed by atoms with Gasteiger partial charge in [0, 0.05) is 6.54 Å². The first kappa shape index (κ1) is 12.0. The molecule has 2 N–H and O–H groups in total. The number of rotatable bonds is 3. The van der Waals surface area contributed by atoms with E-state index in [0.717, 1.165) is 12.2 Å². The Bertz CT molecular complexity index is 421. The molecule has 0 spiro atoms. The highest BCUT2D eigenvalue weighted by atomic mass is 16.6. The molecule has 0 aliphatic carbocycles. The first-order valence-electron chi connectivity index (χ1n) is 6.19. The lowest BCUT2D eigenvalue weighted by molar-refractivity contribution is 0.0627. The van der Waals surface area contributed by atoms with Crippen molar-refractivity contribution >= 4 is 0 Å². The van der Waals surface area contributed by atoms with Crippen molar-refractivity contribution in [2.75, 3.05) is 27.3 Å². The van der Waals surface area contributed by atoms with Gasteiger partial charge in [-0.1, -0.05) is 5.21 Å². The van der Waals surface area contributed by atoms with Crippen LogP contribution in [-0.4, -0.2) is 65.5 Å². The number of hydrogen-bond acceptors (Lipinski definition) is 6. The quantitative estimate of drug-likeness (QED) is 0.745. The zero-order valence-corrected chi connectivity index (χ0v) is 10.7. The van der Waals surface area contributed by atoms with Crippen LogP contribution in [0.2, 0.25) is 0 Å². The van der Waals surface area contributed by atoms with E-state index in [9.17, 15) is 0 Å². The van der Waals surface area contributed by atoms with Crippen molar-refractivity contribution in [3.05, 3.63) is 11.9 Å². The summed E-state index contributed by atoms with van der Waals surface area (Å²) in [5.74, 6) is 0. The van der Waals surface area contributed by atoms with Crippen molar-refractivity contribution in [1.29, 1.82) is 0 Å². The number of hydrogen-bond donors (Lipinski definition) is 1. The third-order valence-corrected chi connectivity index (χ3v) is 3.44. The van der Waals surface area contributed by atoms with Crippen molar-refractivity contribution in [1.82, 2.24) is 19.9 Å². The molecule has 1 aromatic heterocycles. The third-order valence-electron chi connectivity index (χ3n) is 3.44. The van der Waals surface area contributed by atoms with Crippen LogP contribution in [0.5, 0.6) is 0 Å². The summed E-state index contributed by atoms with van der Waals surface area (Å²) < 4.78 is 13.2. The normalized spacial score (nSPS) is 35.3. The molecule has 0 saturated carbocycles. The fraction of sp³-hybridized carbons (Fsp3) is 0.818. The number of nitrogens with two attached hydrogens (primary N) is 1. The molecule has 0 unspecified atom stereocenters. The first-order valence-corrected chi connectivity index (χ1v) is 6.19. The van der Waals surface area contributed by atoms with Gasteiger partial charge in [0.1, 0.15) is 18.2 Å². The van der Waals surface area contributed by atoms with Gasteiger partial charge in [-0.15, -0.1) is 5.10 Å². The second kappa shape index (κ2) is 4.58. The van der Waals surface area contributed by atoms with E-state index in [-0.39, 0.29) is 24.3 Å². The van der Waals surface area contributed by atoms with Crippen molar-refractivity contribution in [2.45, 2.75) is 30.8 Å². The van der Waals surface area contributed by atoms with E-state index in [1.807, 2.05) is 25.0 Å². The minimum Gasteiger partial charge on any atom is -0.371 e. The SMILES string of the molecule is CN(C)Cc1cn([C@H]2CO[C@H]3[C@@H]2OC[C@@H]3N)nn1. The van der Waals surface area contributed by atoms with Crippen LogP contribution in [0.25, 0.3) is 0 Å². The van der Waals surface area contributed by atoms with Gasteiger partial charge in [-0.2, -0.15) is 0 Å². The summed E-state index contributed by atoms with van der Waals surface area (Å²) in [5, 5.41) is 8.34. The van der Waals surface area contributed by atoms with E-state index in [2.05, 4.69) is 15.2 Å².